The summed E-state index contributed by atoms with van der Waals surface area (Å²) in [6.45, 7) is 2.69. The average molecular weight is 470 g/mol. The zero-order valence-corrected chi connectivity index (χ0v) is 19.0. The van der Waals surface area contributed by atoms with Crippen LogP contribution >= 0.6 is 11.6 Å². The second kappa shape index (κ2) is 9.73. The van der Waals surface area contributed by atoms with Crippen molar-refractivity contribution in [3.8, 4) is 0 Å². The first-order valence-corrected chi connectivity index (χ1v) is 12.2. The highest BCUT2D eigenvalue weighted by Crippen LogP contribution is 2.24. The maximum Gasteiger partial charge on any atom is 0.254 e. The van der Waals surface area contributed by atoms with Crippen LogP contribution in [0, 0.1) is 0 Å². The van der Waals surface area contributed by atoms with Crippen molar-refractivity contribution in [1.29, 1.82) is 0 Å². The van der Waals surface area contributed by atoms with Crippen LogP contribution in [0.15, 0.2) is 83.8 Å². The van der Waals surface area contributed by atoms with Crippen LogP contribution in [0.2, 0.25) is 5.02 Å². The summed E-state index contributed by atoms with van der Waals surface area (Å²) in [4.78, 5) is 16.9. The minimum absolute atomic E-state index is 0.0796. The second-order valence-electron chi connectivity index (χ2n) is 7.57. The summed E-state index contributed by atoms with van der Waals surface area (Å²) in [5.74, 6) is -0.200. The third-order valence-electron chi connectivity index (χ3n) is 5.47. The quantitative estimate of drug-likeness (QED) is 0.596. The van der Waals surface area contributed by atoms with E-state index < -0.39 is 10.0 Å². The SMILES string of the molecule is O=C(c1ccc(Cl)c(S(=O)(=O)NCc2ccccc2)c1)N1CCN(c2ccccc2)CC1. The molecule has 1 N–H and O–H groups in total. The molecule has 1 saturated heterocycles. The number of benzene rings is 3. The normalized spacial score (nSPS) is 14.4. The molecule has 166 valence electrons. The summed E-state index contributed by atoms with van der Waals surface area (Å²) in [5, 5.41) is 0.0796. The number of rotatable bonds is 6. The molecule has 6 nitrogen and oxygen atoms in total. The van der Waals surface area contributed by atoms with Crippen molar-refractivity contribution in [3.63, 3.8) is 0 Å². The third kappa shape index (κ3) is 5.12. The number of piperazine rings is 1. The van der Waals surface area contributed by atoms with Crippen molar-refractivity contribution in [1.82, 2.24) is 9.62 Å². The Kier molecular flexibility index (Phi) is 6.79. The van der Waals surface area contributed by atoms with Gasteiger partial charge >= 0.3 is 0 Å². The molecule has 3 aromatic carbocycles. The molecule has 0 radical (unpaired) electrons. The van der Waals surface area contributed by atoms with Gasteiger partial charge in [0.05, 0.1) is 5.02 Å². The Bertz CT molecular complexity index is 1180. The fourth-order valence-electron chi connectivity index (χ4n) is 3.68. The van der Waals surface area contributed by atoms with Crippen molar-refractivity contribution in [2.75, 3.05) is 31.1 Å². The summed E-state index contributed by atoms with van der Waals surface area (Å²) in [6.07, 6.45) is 0. The van der Waals surface area contributed by atoms with Crippen molar-refractivity contribution in [3.05, 3.63) is 95.0 Å². The van der Waals surface area contributed by atoms with E-state index in [1.165, 1.54) is 12.1 Å². The summed E-state index contributed by atoms with van der Waals surface area (Å²) < 4.78 is 28.3. The van der Waals surface area contributed by atoms with Gasteiger partial charge in [-0.05, 0) is 35.9 Å². The van der Waals surface area contributed by atoms with Crippen molar-refractivity contribution in [2.45, 2.75) is 11.4 Å². The highest BCUT2D eigenvalue weighted by molar-refractivity contribution is 7.89. The molecule has 0 saturated carbocycles. The average Bonchev–Trinajstić information content (AvgIpc) is 2.84. The number of sulfonamides is 1. The molecular formula is C24H24ClN3O3S. The predicted octanol–water partition coefficient (Wildman–Crippen LogP) is 3.78. The summed E-state index contributed by atoms with van der Waals surface area (Å²) in [5.41, 5.74) is 2.27. The lowest BCUT2D eigenvalue weighted by Crippen LogP contribution is -2.48. The van der Waals surface area contributed by atoms with E-state index in [1.807, 2.05) is 48.5 Å². The van der Waals surface area contributed by atoms with Crippen molar-refractivity contribution in [2.24, 2.45) is 0 Å². The Morgan fingerprint density at radius 3 is 2.16 bits per heavy atom. The van der Waals surface area contributed by atoms with E-state index >= 15 is 0 Å². The van der Waals surface area contributed by atoms with E-state index in [4.69, 9.17) is 11.6 Å². The first-order chi connectivity index (χ1) is 15.4. The summed E-state index contributed by atoms with van der Waals surface area (Å²) in [7, 11) is -3.88. The lowest BCUT2D eigenvalue weighted by atomic mass is 10.1. The van der Waals surface area contributed by atoms with E-state index in [0.717, 1.165) is 11.3 Å². The summed E-state index contributed by atoms with van der Waals surface area (Å²) in [6, 6.07) is 23.7. The van der Waals surface area contributed by atoms with Gasteiger partial charge in [-0.25, -0.2) is 13.1 Å². The standard InChI is InChI=1S/C24H24ClN3O3S/c25-22-12-11-20(17-23(22)32(30,31)26-18-19-7-3-1-4-8-19)24(29)28-15-13-27(14-16-28)21-9-5-2-6-10-21/h1-12,17,26H,13-16,18H2. The molecule has 0 unspecified atom stereocenters. The molecule has 1 amide bonds. The molecule has 0 aromatic heterocycles. The number of nitrogens with one attached hydrogen (secondary N) is 1. The number of halogens is 1. The minimum Gasteiger partial charge on any atom is -0.368 e. The Hall–Kier alpha value is -2.87. The Morgan fingerprint density at radius 1 is 0.875 bits per heavy atom. The Morgan fingerprint density at radius 2 is 1.50 bits per heavy atom. The van der Waals surface area contributed by atoms with E-state index in [-0.39, 0.29) is 22.4 Å². The van der Waals surface area contributed by atoms with Crippen LogP contribution < -0.4 is 9.62 Å². The molecule has 32 heavy (non-hydrogen) atoms. The van der Waals surface area contributed by atoms with Crippen molar-refractivity contribution < 1.29 is 13.2 Å². The van der Waals surface area contributed by atoms with Gasteiger partial charge in [0.25, 0.3) is 5.91 Å². The molecule has 1 heterocycles. The van der Waals surface area contributed by atoms with E-state index in [0.29, 0.717) is 31.7 Å². The molecule has 0 atom stereocenters. The third-order valence-corrected chi connectivity index (χ3v) is 7.35. The molecule has 0 bridgehead atoms. The number of nitrogens with zero attached hydrogens (tertiary/aromatic N) is 2. The fourth-order valence-corrected chi connectivity index (χ4v) is 5.22. The van der Waals surface area contributed by atoms with Gasteiger partial charge in [-0.3, -0.25) is 4.79 Å². The maximum absolute atomic E-state index is 13.1. The minimum atomic E-state index is -3.88. The number of amides is 1. The molecule has 1 fully saturated rings. The smallest absolute Gasteiger partial charge is 0.254 e. The van der Waals surface area contributed by atoms with Crippen LogP contribution in [-0.2, 0) is 16.6 Å². The summed E-state index contributed by atoms with van der Waals surface area (Å²) >= 11 is 6.19. The number of hydrogen-bond donors (Lipinski definition) is 1. The molecule has 3 aromatic rings. The van der Waals surface area contributed by atoms with Gasteiger partial charge in [0.2, 0.25) is 10.0 Å². The number of carbonyl (C=O) groups is 1. The maximum atomic E-state index is 13.1. The number of hydrogen-bond acceptors (Lipinski definition) is 4. The van der Waals surface area contributed by atoms with E-state index in [1.54, 1.807) is 11.0 Å². The van der Waals surface area contributed by atoms with Crippen LogP contribution in [0.25, 0.3) is 0 Å². The van der Waals surface area contributed by atoms with Crippen LogP contribution in [0.4, 0.5) is 5.69 Å². The van der Waals surface area contributed by atoms with Gasteiger partial charge in [-0.2, -0.15) is 0 Å². The predicted molar refractivity (Wildman–Crippen MR) is 126 cm³/mol. The number of para-hydroxylation sites is 1. The monoisotopic (exact) mass is 469 g/mol. The van der Waals surface area contributed by atoms with Gasteiger partial charge < -0.3 is 9.80 Å². The second-order valence-corrected chi connectivity index (χ2v) is 9.71. The lowest BCUT2D eigenvalue weighted by molar-refractivity contribution is 0.0746. The topological polar surface area (TPSA) is 69.7 Å². The van der Waals surface area contributed by atoms with Gasteiger partial charge in [0.1, 0.15) is 4.90 Å². The number of anilines is 1. The van der Waals surface area contributed by atoms with Gasteiger partial charge in [0, 0.05) is 44.0 Å². The molecule has 4 rings (SSSR count). The first kappa shape index (κ1) is 22.3. The van der Waals surface area contributed by atoms with E-state index in [2.05, 4.69) is 21.8 Å². The molecule has 0 aliphatic carbocycles. The molecule has 1 aliphatic heterocycles. The highest BCUT2D eigenvalue weighted by atomic mass is 35.5. The zero-order chi connectivity index (χ0) is 22.6. The van der Waals surface area contributed by atoms with Gasteiger partial charge in [0.15, 0.2) is 0 Å². The molecule has 8 heteroatoms. The molecule has 0 spiro atoms. The molecular weight excluding hydrogens is 446 g/mol. The van der Waals surface area contributed by atoms with Crippen LogP contribution in [-0.4, -0.2) is 45.4 Å². The largest absolute Gasteiger partial charge is 0.368 e. The van der Waals surface area contributed by atoms with Crippen LogP contribution in [0.5, 0.6) is 0 Å². The zero-order valence-electron chi connectivity index (χ0n) is 17.4. The van der Waals surface area contributed by atoms with Crippen LogP contribution in [0.3, 0.4) is 0 Å². The van der Waals surface area contributed by atoms with Gasteiger partial charge in [-0.15, -0.1) is 0 Å². The number of carbonyl (C=O) groups excluding carboxylic acids is 1. The van der Waals surface area contributed by atoms with Gasteiger partial charge in [-0.1, -0.05) is 60.1 Å². The van der Waals surface area contributed by atoms with Crippen molar-refractivity contribution >= 4 is 33.2 Å². The molecule has 1 aliphatic rings. The Labute approximate surface area is 193 Å². The lowest BCUT2D eigenvalue weighted by Gasteiger charge is -2.36. The first-order valence-electron chi connectivity index (χ1n) is 10.4. The highest BCUT2D eigenvalue weighted by Gasteiger charge is 2.25. The Balaban J connectivity index is 1.45. The van der Waals surface area contributed by atoms with E-state index in [9.17, 15) is 13.2 Å². The van der Waals surface area contributed by atoms with Crippen LogP contribution in [0.1, 0.15) is 15.9 Å². The fraction of sp³-hybridized carbons (Fsp3) is 0.208.